The standard InChI is InChI=1S/C9H19NO4S/c1-7(5-8(11)12)6-10-15(13,14)9(2,3)4/h7,10H,5-6H2,1-4H3,(H,11,12). The van der Waals surface area contributed by atoms with Gasteiger partial charge in [0.15, 0.2) is 0 Å². The number of carboxylic acids is 1. The Balaban J connectivity index is 4.23. The predicted molar refractivity (Wildman–Crippen MR) is 58.1 cm³/mol. The van der Waals surface area contributed by atoms with E-state index in [9.17, 15) is 13.2 Å². The lowest BCUT2D eigenvalue weighted by Crippen LogP contribution is -2.41. The summed E-state index contributed by atoms with van der Waals surface area (Å²) in [5, 5.41) is 8.50. The zero-order valence-electron chi connectivity index (χ0n) is 9.57. The van der Waals surface area contributed by atoms with Crippen molar-refractivity contribution in [2.75, 3.05) is 6.54 Å². The molecule has 5 nitrogen and oxygen atoms in total. The van der Waals surface area contributed by atoms with Crippen LogP contribution in [0.2, 0.25) is 0 Å². The Morgan fingerprint density at radius 1 is 1.40 bits per heavy atom. The van der Waals surface area contributed by atoms with Gasteiger partial charge in [-0.15, -0.1) is 0 Å². The van der Waals surface area contributed by atoms with E-state index in [4.69, 9.17) is 5.11 Å². The number of carboxylic acid groups (broad SMARTS) is 1. The van der Waals surface area contributed by atoms with Gasteiger partial charge >= 0.3 is 5.97 Å². The molecule has 0 bridgehead atoms. The molecule has 0 aromatic heterocycles. The number of rotatable bonds is 5. The SMILES string of the molecule is CC(CNS(=O)(=O)C(C)(C)C)CC(=O)O. The summed E-state index contributed by atoms with van der Waals surface area (Å²) in [6.07, 6.45) is -0.0351. The first-order valence-corrected chi connectivity index (χ1v) is 6.25. The summed E-state index contributed by atoms with van der Waals surface area (Å²) in [5.74, 6) is -1.13. The Kier molecular flexibility index (Phi) is 4.73. The van der Waals surface area contributed by atoms with Gasteiger partial charge in [-0.1, -0.05) is 6.92 Å². The molecule has 0 radical (unpaired) electrons. The van der Waals surface area contributed by atoms with Crippen LogP contribution in [0.15, 0.2) is 0 Å². The molecule has 0 heterocycles. The van der Waals surface area contributed by atoms with Gasteiger partial charge in [0, 0.05) is 13.0 Å². The normalized spacial score (nSPS) is 14.9. The number of hydrogen-bond donors (Lipinski definition) is 2. The lowest BCUT2D eigenvalue weighted by atomic mass is 10.1. The topological polar surface area (TPSA) is 83.5 Å². The average Bonchev–Trinajstić information content (AvgIpc) is 1.97. The van der Waals surface area contributed by atoms with Crippen molar-refractivity contribution in [2.45, 2.75) is 38.9 Å². The van der Waals surface area contributed by atoms with Crippen LogP contribution < -0.4 is 4.72 Å². The Morgan fingerprint density at radius 3 is 2.20 bits per heavy atom. The van der Waals surface area contributed by atoms with Gasteiger partial charge in [0.05, 0.1) is 4.75 Å². The molecule has 0 aliphatic carbocycles. The monoisotopic (exact) mass is 237 g/mol. The van der Waals surface area contributed by atoms with E-state index in [-0.39, 0.29) is 18.9 Å². The summed E-state index contributed by atoms with van der Waals surface area (Å²) in [5.41, 5.74) is 0. The van der Waals surface area contributed by atoms with E-state index < -0.39 is 20.7 Å². The fourth-order valence-electron chi connectivity index (χ4n) is 0.839. The van der Waals surface area contributed by atoms with Crippen LogP contribution in [0.5, 0.6) is 0 Å². The Hall–Kier alpha value is -0.620. The molecule has 0 aliphatic heterocycles. The van der Waals surface area contributed by atoms with Crippen molar-refractivity contribution in [3.63, 3.8) is 0 Å². The van der Waals surface area contributed by atoms with E-state index in [1.165, 1.54) is 0 Å². The highest BCUT2D eigenvalue weighted by Crippen LogP contribution is 2.13. The van der Waals surface area contributed by atoms with Crippen LogP contribution in [-0.4, -0.2) is 30.8 Å². The van der Waals surface area contributed by atoms with E-state index in [1.807, 2.05) is 0 Å². The second-order valence-corrected chi connectivity index (χ2v) is 7.19. The molecule has 1 atom stereocenters. The summed E-state index contributed by atoms with van der Waals surface area (Å²) < 4.78 is 24.7. The maximum atomic E-state index is 11.6. The second kappa shape index (κ2) is 4.94. The highest BCUT2D eigenvalue weighted by atomic mass is 32.2. The van der Waals surface area contributed by atoms with E-state index in [0.717, 1.165) is 0 Å². The van der Waals surface area contributed by atoms with E-state index in [0.29, 0.717) is 0 Å². The molecule has 1 unspecified atom stereocenters. The molecular weight excluding hydrogens is 218 g/mol. The van der Waals surface area contributed by atoms with Crippen LogP contribution in [0.25, 0.3) is 0 Å². The van der Waals surface area contributed by atoms with Gasteiger partial charge in [-0.25, -0.2) is 13.1 Å². The van der Waals surface area contributed by atoms with Gasteiger partial charge in [-0.05, 0) is 26.7 Å². The van der Waals surface area contributed by atoms with Crippen molar-refractivity contribution in [3.8, 4) is 0 Å². The first kappa shape index (κ1) is 14.4. The minimum Gasteiger partial charge on any atom is -0.481 e. The van der Waals surface area contributed by atoms with Gasteiger partial charge in [0.25, 0.3) is 0 Å². The predicted octanol–water partition coefficient (Wildman–Crippen LogP) is 0.815. The zero-order valence-corrected chi connectivity index (χ0v) is 10.4. The molecule has 0 aromatic rings. The Morgan fingerprint density at radius 2 is 1.87 bits per heavy atom. The maximum absolute atomic E-state index is 11.6. The third-order valence-corrected chi connectivity index (χ3v) is 4.11. The van der Waals surface area contributed by atoms with E-state index >= 15 is 0 Å². The van der Waals surface area contributed by atoms with Crippen LogP contribution in [0.1, 0.15) is 34.1 Å². The summed E-state index contributed by atoms with van der Waals surface area (Å²) in [4.78, 5) is 10.4. The molecule has 2 N–H and O–H groups in total. The largest absolute Gasteiger partial charge is 0.481 e. The fraction of sp³-hybridized carbons (Fsp3) is 0.889. The molecule has 0 rings (SSSR count). The summed E-state index contributed by atoms with van der Waals surface area (Å²) in [7, 11) is -3.37. The molecule has 0 saturated heterocycles. The second-order valence-electron chi connectivity index (χ2n) is 4.67. The fourth-order valence-corrected chi connectivity index (χ4v) is 1.78. The minimum atomic E-state index is -3.37. The number of aliphatic carboxylic acids is 1. The maximum Gasteiger partial charge on any atom is 0.303 e. The number of hydrogen-bond acceptors (Lipinski definition) is 3. The molecule has 0 spiro atoms. The smallest absolute Gasteiger partial charge is 0.303 e. The third kappa shape index (κ3) is 5.13. The average molecular weight is 237 g/mol. The molecule has 0 aliphatic rings. The van der Waals surface area contributed by atoms with Crippen LogP contribution in [0.4, 0.5) is 0 Å². The van der Waals surface area contributed by atoms with Gasteiger partial charge in [-0.2, -0.15) is 0 Å². The van der Waals surface area contributed by atoms with Crippen LogP contribution in [0, 0.1) is 5.92 Å². The van der Waals surface area contributed by atoms with Crippen molar-refractivity contribution in [2.24, 2.45) is 5.92 Å². The Labute approximate surface area is 90.9 Å². The molecule has 15 heavy (non-hydrogen) atoms. The first-order chi connectivity index (χ1) is 6.56. The molecule has 0 amide bonds. The number of nitrogens with one attached hydrogen (secondary N) is 1. The molecular formula is C9H19NO4S. The summed E-state index contributed by atoms with van der Waals surface area (Å²) in [6, 6.07) is 0. The lowest BCUT2D eigenvalue weighted by Gasteiger charge is -2.21. The number of carbonyl (C=O) groups is 1. The van der Waals surface area contributed by atoms with Gasteiger partial charge in [-0.3, -0.25) is 4.79 Å². The van der Waals surface area contributed by atoms with Gasteiger partial charge < -0.3 is 5.11 Å². The highest BCUT2D eigenvalue weighted by Gasteiger charge is 2.28. The van der Waals surface area contributed by atoms with Crippen molar-refractivity contribution < 1.29 is 18.3 Å². The van der Waals surface area contributed by atoms with Crippen molar-refractivity contribution in [1.82, 2.24) is 4.72 Å². The molecule has 90 valence electrons. The van der Waals surface area contributed by atoms with Crippen LogP contribution in [-0.2, 0) is 14.8 Å². The van der Waals surface area contributed by atoms with Crippen molar-refractivity contribution in [1.29, 1.82) is 0 Å². The lowest BCUT2D eigenvalue weighted by molar-refractivity contribution is -0.137. The van der Waals surface area contributed by atoms with Crippen LogP contribution >= 0.6 is 0 Å². The third-order valence-electron chi connectivity index (χ3n) is 1.95. The van der Waals surface area contributed by atoms with Gasteiger partial charge in [0.1, 0.15) is 0 Å². The number of sulfonamides is 1. The molecule has 0 aromatic carbocycles. The van der Waals surface area contributed by atoms with Crippen LogP contribution in [0.3, 0.4) is 0 Å². The van der Waals surface area contributed by atoms with Crippen molar-refractivity contribution >= 4 is 16.0 Å². The van der Waals surface area contributed by atoms with Crippen molar-refractivity contribution in [3.05, 3.63) is 0 Å². The first-order valence-electron chi connectivity index (χ1n) is 4.77. The molecule has 0 saturated carbocycles. The van der Waals surface area contributed by atoms with E-state index in [2.05, 4.69) is 4.72 Å². The molecule has 0 fully saturated rings. The zero-order chi connectivity index (χ0) is 12.3. The highest BCUT2D eigenvalue weighted by molar-refractivity contribution is 7.90. The quantitative estimate of drug-likeness (QED) is 0.741. The summed E-state index contributed by atoms with van der Waals surface area (Å²) in [6.45, 7) is 6.64. The summed E-state index contributed by atoms with van der Waals surface area (Å²) >= 11 is 0. The minimum absolute atomic E-state index is 0.0351. The Bertz CT molecular complexity index is 315. The van der Waals surface area contributed by atoms with E-state index in [1.54, 1.807) is 27.7 Å². The molecule has 6 heteroatoms. The van der Waals surface area contributed by atoms with Gasteiger partial charge in [0.2, 0.25) is 10.0 Å².